The Morgan fingerprint density at radius 2 is 1.94 bits per heavy atom. The Balaban J connectivity index is 2.07. The average Bonchev–Trinajstić information content (AvgIpc) is 2.30. The van der Waals surface area contributed by atoms with Gasteiger partial charge in [0.1, 0.15) is 6.61 Å². The second-order valence-corrected chi connectivity index (χ2v) is 5.04. The molecule has 1 aliphatic rings. The van der Waals surface area contributed by atoms with Crippen molar-refractivity contribution in [3.8, 4) is 6.07 Å². The second-order valence-electron chi connectivity index (χ2n) is 5.04. The third kappa shape index (κ3) is 5.69. The topological polar surface area (TPSA) is 36.3 Å². The molecule has 6 heteroatoms. The first kappa shape index (κ1) is 15.3. The predicted octanol–water partition coefficient (Wildman–Crippen LogP) is 2.58. The Bertz CT molecular complexity index is 291. The van der Waals surface area contributed by atoms with Gasteiger partial charge in [-0.25, -0.2) is 0 Å². The molecule has 1 heterocycles. The molecule has 0 spiro atoms. The van der Waals surface area contributed by atoms with Crippen LogP contribution in [0.15, 0.2) is 0 Å². The quantitative estimate of drug-likeness (QED) is 0.716. The third-order valence-corrected chi connectivity index (χ3v) is 3.26. The number of likely N-dealkylation sites (tertiary alicyclic amines) is 1. The van der Waals surface area contributed by atoms with E-state index in [9.17, 15) is 13.2 Å². The van der Waals surface area contributed by atoms with Crippen LogP contribution < -0.4 is 0 Å². The molecular formula is C12H19F3N2O. The van der Waals surface area contributed by atoms with E-state index in [4.69, 9.17) is 5.26 Å². The molecule has 0 N–H and O–H groups in total. The number of alkyl halides is 3. The first-order chi connectivity index (χ1) is 8.35. The summed E-state index contributed by atoms with van der Waals surface area (Å²) in [6.07, 6.45) is -1.99. The van der Waals surface area contributed by atoms with Gasteiger partial charge in [-0.15, -0.1) is 0 Å². The highest BCUT2D eigenvalue weighted by Crippen LogP contribution is 2.29. The van der Waals surface area contributed by atoms with Gasteiger partial charge in [-0.2, -0.15) is 18.4 Å². The molecule has 1 rings (SSSR count). The Morgan fingerprint density at radius 1 is 1.33 bits per heavy atom. The summed E-state index contributed by atoms with van der Waals surface area (Å²) in [5, 5.41) is 8.96. The number of rotatable bonds is 5. The fourth-order valence-electron chi connectivity index (χ4n) is 1.96. The number of hydrogen-bond donors (Lipinski definition) is 0. The highest BCUT2D eigenvalue weighted by Gasteiger charge is 2.30. The van der Waals surface area contributed by atoms with Crippen molar-refractivity contribution in [2.75, 3.05) is 32.8 Å². The fraction of sp³-hybridized carbons (Fsp3) is 0.917. The molecule has 0 aromatic rings. The molecule has 1 fully saturated rings. The first-order valence-electron chi connectivity index (χ1n) is 6.13. The average molecular weight is 264 g/mol. The first-order valence-corrected chi connectivity index (χ1v) is 6.13. The van der Waals surface area contributed by atoms with Gasteiger partial charge >= 0.3 is 6.18 Å². The summed E-state index contributed by atoms with van der Waals surface area (Å²) in [5.74, 6) is 0. The van der Waals surface area contributed by atoms with Crippen molar-refractivity contribution in [2.24, 2.45) is 5.41 Å². The van der Waals surface area contributed by atoms with Gasteiger partial charge in [0.15, 0.2) is 0 Å². The minimum atomic E-state index is -4.24. The van der Waals surface area contributed by atoms with Crippen LogP contribution in [0.3, 0.4) is 0 Å². The normalized spacial score (nSPS) is 20.6. The SMILES string of the molecule is CC1(C#N)CCN(CCCOCC(F)(F)F)CC1. The van der Waals surface area contributed by atoms with E-state index in [2.05, 4.69) is 15.7 Å². The van der Waals surface area contributed by atoms with Crippen molar-refractivity contribution in [3.05, 3.63) is 0 Å². The van der Waals surface area contributed by atoms with Gasteiger partial charge in [0, 0.05) is 13.2 Å². The van der Waals surface area contributed by atoms with Crippen LogP contribution in [0.1, 0.15) is 26.2 Å². The summed E-state index contributed by atoms with van der Waals surface area (Å²) in [4.78, 5) is 2.18. The summed E-state index contributed by atoms with van der Waals surface area (Å²) in [5.41, 5.74) is -0.233. The lowest BCUT2D eigenvalue weighted by molar-refractivity contribution is -0.174. The van der Waals surface area contributed by atoms with Crippen molar-refractivity contribution >= 4 is 0 Å². The van der Waals surface area contributed by atoms with Gasteiger partial charge in [0.2, 0.25) is 0 Å². The van der Waals surface area contributed by atoms with Crippen molar-refractivity contribution < 1.29 is 17.9 Å². The molecule has 0 aromatic heterocycles. The zero-order valence-electron chi connectivity index (χ0n) is 10.6. The molecule has 0 unspecified atom stereocenters. The van der Waals surface area contributed by atoms with Crippen LogP contribution in [-0.4, -0.2) is 43.9 Å². The lowest BCUT2D eigenvalue weighted by Gasteiger charge is -2.34. The van der Waals surface area contributed by atoms with Gasteiger partial charge in [-0.05, 0) is 39.3 Å². The molecule has 1 saturated heterocycles. The van der Waals surface area contributed by atoms with E-state index in [1.54, 1.807) is 0 Å². The van der Waals surface area contributed by atoms with E-state index >= 15 is 0 Å². The van der Waals surface area contributed by atoms with E-state index in [0.717, 1.165) is 32.5 Å². The van der Waals surface area contributed by atoms with Gasteiger partial charge in [0.05, 0.1) is 11.5 Å². The number of ether oxygens (including phenoxy) is 1. The van der Waals surface area contributed by atoms with Crippen LogP contribution in [0.25, 0.3) is 0 Å². The molecule has 0 aliphatic carbocycles. The molecule has 0 atom stereocenters. The Morgan fingerprint density at radius 3 is 2.44 bits per heavy atom. The fourth-order valence-corrected chi connectivity index (χ4v) is 1.96. The largest absolute Gasteiger partial charge is 0.411 e. The van der Waals surface area contributed by atoms with E-state index in [1.165, 1.54) is 0 Å². The zero-order chi connectivity index (χ0) is 13.6. The summed E-state index contributed by atoms with van der Waals surface area (Å²) >= 11 is 0. The van der Waals surface area contributed by atoms with Crippen LogP contribution in [0, 0.1) is 16.7 Å². The molecule has 0 radical (unpaired) electrons. The molecule has 0 amide bonds. The number of nitrogens with zero attached hydrogens (tertiary/aromatic N) is 2. The number of nitriles is 1. The summed E-state index contributed by atoms with van der Waals surface area (Å²) in [6.45, 7) is 3.33. The van der Waals surface area contributed by atoms with Crippen LogP contribution >= 0.6 is 0 Å². The van der Waals surface area contributed by atoms with Gasteiger partial charge in [0.25, 0.3) is 0 Å². The van der Waals surface area contributed by atoms with E-state index in [0.29, 0.717) is 6.42 Å². The predicted molar refractivity (Wildman–Crippen MR) is 60.9 cm³/mol. The third-order valence-electron chi connectivity index (χ3n) is 3.26. The minimum Gasteiger partial charge on any atom is -0.372 e. The number of halogens is 3. The number of piperidine rings is 1. The van der Waals surface area contributed by atoms with Crippen molar-refractivity contribution in [3.63, 3.8) is 0 Å². The molecule has 18 heavy (non-hydrogen) atoms. The molecular weight excluding hydrogens is 245 g/mol. The lowest BCUT2D eigenvalue weighted by Crippen LogP contribution is -2.38. The molecule has 0 bridgehead atoms. The minimum absolute atomic E-state index is 0.130. The monoisotopic (exact) mass is 264 g/mol. The Hall–Kier alpha value is -0.800. The highest BCUT2D eigenvalue weighted by atomic mass is 19.4. The van der Waals surface area contributed by atoms with E-state index in [-0.39, 0.29) is 12.0 Å². The maximum Gasteiger partial charge on any atom is 0.411 e. The zero-order valence-corrected chi connectivity index (χ0v) is 10.6. The van der Waals surface area contributed by atoms with Crippen molar-refractivity contribution in [1.82, 2.24) is 4.90 Å². The molecule has 0 saturated carbocycles. The van der Waals surface area contributed by atoms with E-state index in [1.807, 2.05) is 6.92 Å². The second kappa shape index (κ2) is 6.39. The van der Waals surface area contributed by atoms with Crippen LogP contribution in [0.4, 0.5) is 13.2 Å². The maximum atomic E-state index is 11.8. The van der Waals surface area contributed by atoms with Crippen molar-refractivity contribution in [2.45, 2.75) is 32.4 Å². The highest BCUT2D eigenvalue weighted by molar-refractivity contribution is 4.98. The van der Waals surface area contributed by atoms with Crippen LogP contribution in [0.2, 0.25) is 0 Å². The molecule has 0 aromatic carbocycles. The molecule has 1 aliphatic heterocycles. The molecule has 3 nitrogen and oxygen atoms in total. The maximum absolute atomic E-state index is 11.8. The molecule has 104 valence electrons. The Kier molecular flexibility index (Phi) is 5.42. The van der Waals surface area contributed by atoms with Gasteiger partial charge in [-0.3, -0.25) is 0 Å². The standard InChI is InChI=1S/C12H19F3N2O/c1-11(9-16)3-6-17(7-4-11)5-2-8-18-10-12(13,14)15/h2-8,10H2,1H3. The van der Waals surface area contributed by atoms with Crippen LogP contribution in [-0.2, 0) is 4.74 Å². The smallest absolute Gasteiger partial charge is 0.372 e. The summed E-state index contributed by atoms with van der Waals surface area (Å²) in [6, 6.07) is 2.32. The van der Waals surface area contributed by atoms with E-state index < -0.39 is 12.8 Å². The lowest BCUT2D eigenvalue weighted by atomic mass is 9.82. The van der Waals surface area contributed by atoms with Gasteiger partial charge < -0.3 is 9.64 Å². The van der Waals surface area contributed by atoms with Gasteiger partial charge in [-0.1, -0.05) is 0 Å². The number of hydrogen-bond acceptors (Lipinski definition) is 3. The van der Waals surface area contributed by atoms with Crippen LogP contribution in [0.5, 0.6) is 0 Å². The van der Waals surface area contributed by atoms with Crippen molar-refractivity contribution in [1.29, 1.82) is 5.26 Å². The summed E-state index contributed by atoms with van der Waals surface area (Å²) in [7, 11) is 0. The Labute approximate surface area is 106 Å². The summed E-state index contributed by atoms with van der Waals surface area (Å²) < 4.78 is 39.9.